The number of likely N-dealkylation sites (N-methyl/N-ethyl adjacent to an activating group) is 1. The molecule has 0 radical (unpaired) electrons. The number of likely N-dealkylation sites (tertiary alicyclic amines) is 1. The van der Waals surface area contributed by atoms with Crippen molar-refractivity contribution in [2.45, 2.75) is 32.2 Å². The molecule has 0 aliphatic carbocycles. The molecule has 1 saturated heterocycles. The first-order valence-electron chi connectivity index (χ1n) is 6.67. The molecule has 0 unspecified atom stereocenters. The summed E-state index contributed by atoms with van der Waals surface area (Å²) >= 11 is 0. The van der Waals surface area contributed by atoms with E-state index >= 15 is 0 Å². The fourth-order valence-electron chi connectivity index (χ4n) is 1.89. The van der Waals surface area contributed by atoms with Crippen molar-refractivity contribution >= 4 is 12.0 Å². The minimum atomic E-state index is -0.756. The number of urea groups is 1. The number of carboxylic acid groups (broad SMARTS) is 1. The van der Waals surface area contributed by atoms with E-state index in [0.29, 0.717) is 32.5 Å². The summed E-state index contributed by atoms with van der Waals surface area (Å²) in [5.41, 5.74) is -0.102. The third-order valence-corrected chi connectivity index (χ3v) is 4.01. The van der Waals surface area contributed by atoms with E-state index in [-0.39, 0.29) is 17.5 Å². The van der Waals surface area contributed by atoms with Crippen LogP contribution in [0.3, 0.4) is 0 Å². The van der Waals surface area contributed by atoms with E-state index in [4.69, 9.17) is 5.11 Å². The smallest absolute Gasteiger partial charge is 0.317 e. The highest BCUT2D eigenvalue weighted by atomic mass is 16.4. The van der Waals surface area contributed by atoms with Crippen molar-refractivity contribution < 1.29 is 14.7 Å². The van der Waals surface area contributed by atoms with Gasteiger partial charge in [0.2, 0.25) is 0 Å². The van der Waals surface area contributed by atoms with Gasteiger partial charge in [-0.2, -0.15) is 0 Å². The number of piperidine rings is 1. The first-order valence-corrected chi connectivity index (χ1v) is 6.67. The average molecular weight is 271 g/mol. The van der Waals surface area contributed by atoms with Crippen LogP contribution >= 0.6 is 0 Å². The highest BCUT2D eigenvalue weighted by Gasteiger charge is 2.28. The molecule has 1 aliphatic heterocycles. The molecule has 0 aromatic heterocycles. The Hall–Kier alpha value is -1.30. The van der Waals surface area contributed by atoms with Crippen LogP contribution in [0.15, 0.2) is 0 Å². The highest BCUT2D eigenvalue weighted by molar-refractivity contribution is 5.75. The van der Waals surface area contributed by atoms with Gasteiger partial charge in [-0.1, -0.05) is 0 Å². The second-order valence-electron chi connectivity index (χ2n) is 5.97. The molecule has 110 valence electrons. The SMILES string of the molecule is CN(C)C(C)(C)CNC(=O)N1CCC(C(=O)O)CC1. The van der Waals surface area contributed by atoms with Gasteiger partial charge in [-0.25, -0.2) is 4.79 Å². The third kappa shape index (κ3) is 4.38. The number of nitrogens with one attached hydrogen (secondary N) is 1. The summed E-state index contributed by atoms with van der Waals surface area (Å²) in [5.74, 6) is -1.06. The summed E-state index contributed by atoms with van der Waals surface area (Å²) in [6, 6.07) is -0.0984. The fraction of sp³-hybridized carbons (Fsp3) is 0.846. The predicted octanol–water partition coefficient (Wildman–Crippen LogP) is 0.833. The Morgan fingerprint density at radius 3 is 2.26 bits per heavy atom. The highest BCUT2D eigenvalue weighted by Crippen LogP contribution is 2.17. The standard InChI is InChI=1S/C13H25N3O3/c1-13(2,15(3)4)9-14-12(19)16-7-5-10(6-8-16)11(17)18/h10H,5-9H2,1-4H3,(H,14,19)(H,17,18). The molecule has 0 aromatic rings. The van der Waals surface area contributed by atoms with Crippen LogP contribution in [0.4, 0.5) is 4.79 Å². The first-order chi connectivity index (χ1) is 8.74. The van der Waals surface area contributed by atoms with Crippen molar-refractivity contribution in [1.29, 1.82) is 0 Å². The summed E-state index contributed by atoms with van der Waals surface area (Å²) in [4.78, 5) is 26.6. The van der Waals surface area contributed by atoms with Crippen molar-refractivity contribution in [3.05, 3.63) is 0 Å². The number of nitrogens with zero attached hydrogens (tertiary/aromatic N) is 2. The number of aliphatic carboxylic acids is 1. The van der Waals surface area contributed by atoms with Crippen LogP contribution in [-0.2, 0) is 4.79 Å². The number of hydrogen-bond acceptors (Lipinski definition) is 3. The molecule has 1 aliphatic rings. The molecule has 0 aromatic carbocycles. The molecule has 0 atom stereocenters. The second kappa shape index (κ2) is 6.23. The van der Waals surface area contributed by atoms with E-state index in [2.05, 4.69) is 24.1 Å². The summed E-state index contributed by atoms with van der Waals surface area (Å²) in [6.07, 6.45) is 1.08. The van der Waals surface area contributed by atoms with Gasteiger partial charge < -0.3 is 20.2 Å². The largest absolute Gasteiger partial charge is 0.481 e. The third-order valence-electron chi connectivity index (χ3n) is 4.01. The van der Waals surface area contributed by atoms with Crippen LogP contribution in [-0.4, -0.2) is 66.2 Å². The topological polar surface area (TPSA) is 72.9 Å². The second-order valence-corrected chi connectivity index (χ2v) is 5.97. The summed E-state index contributed by atoms with van der Waals surface area (Å²) < 4.78 is 0. The minimum absolute atomic E-state index is 0.0984. The Kier molecular flexibility index (Phi) is 5.17. The van der Waals surface area contributed by atoms with E-state index in [1.54, 1.807) is 4.90 Å². The minimum Gasteiger partial charge on any atom is -0.481 e. The molecule has 6 nitrogen and oxygen atoms in total. The number of hydrogen-bond donors (Lipinski definition) is 2. The molecular formula is C13H25N3O3. The summed E-state index contributed by atoms with van der Waals surface area (Å²) in [6.45, 7) is 5.72. The molecule has 6 heteroatoms. The molecular weight excluding hydrogens is 246 g/mol. The lowest BCUT2D eigenvalue weighted by Crippen LogP contribution is -2.52. The van der Waals surface area contributed by atoms with E-state index in [1.165, 1.54) is 0 Å². The lowest BCUT2D eigenvalue weighted by molar-refractivity contribution is -0.143. The van der Waals surface area contributed by atoms with Crippen LogP contribution < -0.4 is 5.32 Å². The van der Waals surface area contributed by atoms with Gasteiger partial charge >= 0.3 is 12.0 Å². The van der Waals surface area contributed by atoms with Gasteiger partial charge in [-0.3, -0.25) is 4.79 Å². The maximum Gasteiger partial charge on any atom is 0.317 e. The fourth-order valence-corrected chi connectivity index (χ4v) is 1.89. The van der Waals surface area contributed by atoms with Gasteiger partial charge in [0.15, 0.2) is 0 Å². The number of carbonyl (C=O) groups excluding carboxylic acids is 1. The summed E-state index contributed by atoms with van der Waals surface area (Å²) in [7, 11) is 3.95. The van der Waals surface area contributed by atoms with Crippen molar-refractivity contribution in [3.8, 4) is 0 Å². The van der Waals surface area contributed by atoms with Crippen LogP contribution in [0.25, 0.3) is 0 Å². The van der Waals surface area contributed by atoms with Gasteiger partial charge in [-0.15, -0.1) is 0 Å². The van der Waals surface area contributed by atoms with E-state index in [9.17, 15) is 9.59 Å². The van der Waals surface area contributed by atoms with Crippen LogP contribution in [0.5, 0.6) is 0 Å². The molecule has 2 amide bonds. The Bertz CT molecular complexity index is 334. The molecule has 0 bridgehead atoms. The Labute approximate surface area is 114 Å². The van der Waals surface area contributed by atoms with E-state index in [0.717, 1.165) is 0 Å². The van der Waals surface area contributed by atoms with Gasteiger partial charge in [0.05, 0.1) is 5.92 Å². The lowest BCUT2D eigenvalue weighted by atomic mass is 9.97. The maximum atomic E-state index is 12.0. The van der Waals surface area contributed by atoms with Crippen LogP contribution in [0, 0.1) is 5.92 Å². The molecule has 1 fully saturated rings. The zero-order valence-electron chi connectivity index (χ0n) is 12.3. The van der Waals surface area contributed by atoms with Crippen LogP contribution in [0.1, 0.15) is 26.7 Å². The molecule has 1 heterocycles. The molecule has 19 heavy (non-hydrogen) atoms. The zero-order valence-corrected chi connectivity index (χ0v) is 12.3. The Morgan fingerprint density at radius 1 is 1.32 bits per heavy atom. The molecule has 1 rings (SSSR count). The lowest BCUT2D eigenvalue weighted by Gasteiger charge is -2.35. The van der Waals surface area contributed by atoms with Crippen molar-refractivity contribution in [2.24, 2.45) is 5.92 Å². The van der Waals surface area contributed by atoms with Gasteiger partial charge in [-0.05, 0) is 40.8 Å². The van der Waals surface area contributed by atoms with Crippen molar-refractivity contribution in [2.75, 3.05) is 33.7 Å². The molecule has 2 N–H and O–H groups in total. The molecule has 0 saturated carbocycles. The van der Waals surface area contributed by atoms with E-state index < -0.39 is 5.97 Å². The number of amides is 2. The molecule has 0 spiro atoms. The van der Waals surface area contributed by atoms with Crippen molar-refractivity contribution in [3.63, 3.8) is 0 Å². The predicted molar refractivity (Wildman–Crippen MR) is 73.1 cm³/mol. The normalized spacial score (nSPS) is 17.6. The zero-order chi connectivity index (χ0) is 14.6. The van der Waals surface area contributed by atoms with Gasteiger partial charge in [0.25, 0.3) is 0 Å². The Morgan fingerprint density at radius 2 is 1.84 bits per heavy atom. The Balaban J connectivity index is 2.38. The number of carboxylic acids is 1. The number of carbonyl (C=O) groups is 2. The van der Waals surface area contributed by atoms with E-state index in [1.807, 2.05) is 14.1 Å². The number of rotatable bonds is 4. The first kappa shape index (κ1) is 15.8. The van der Waals surface area contributed by atoms with Gasteiger partial charge in [0, 0.05) is 25.2 Å². The van der Waals surface area contributed by atoms with Crippen molar-refractivity contribution in [1.82, 2.24) is 15.1 Å². The average Bonchev–Trinajstić information content (AvgIpc) is 2.36. The summed E-state index contributed by atoms with van der Waals surface area (Å²) in [5, 5.41) is 11.8. The quantitative estimate of drug-likeness (QED) is 0.794. The van der Waals surface area contributed by atoms with Gasteiger partial charge in [0.1, 0.15) is 0 Å². The maximum absolute atomic E-state index is 12.0. The monoisotopic (exact) mass is 271 g/mol. The van der Waals surface area contributed by atoms with Crippen LogP contribution in [0.2, 0.25) is 0 Å².